The van der Waals surface area contributed by atoms with E-state index in [1.54, 1.807) is 50.6 Å². The lowest BCUT2D eigenvalue weighted by Gasteiger charge is -2.25. The summed E-state index contributed by atoms with van der Waals surface area (Å²) in [4.78, 5) is 47.1. The molecule has 1 aliphatic heterocycles. The summed E-state index contributed by atoms with van der Waals surface area (Å²) in [7, 11) is 2.79. The lowest BCUT2D eigenvalue weighted by molar-refractivity contribution is -0.139. The number of benzene rings is 1. The first-order valence-corrected chi connectivity index (χ1v) is 11.4. The van der Waals surface area contributed by atoms with Crippen LogP contribution in [0.3, 0.4) is 0 Å². The number of nitrogens with zero attached hydrogens (tertiary/aromatic N) is 3. The molecule has 4 rings (SSSR count). The number of hydrogen-bond acceptors (Lipinski definition) is 7. The van der Waals surface area contributed by atoms with E-state index in [1.807, 2.05) is 10.8 Å². The maximum Gasteiger partial charge on any atom is 0.354 e. The van der Waals surface area contributed by atoms with Gasteiger partial charge in [-0.05, 0) is 43.5 Å². The summed E-state index contributed by atoms with van der Waals surface area (Å²) >= 11 is 0. The number of rotatable bonds is 8. The number of nitrogens with one attached hydrogen (secondary N) is 1. The maximum atomic E-state index is 13.3. The molecule has 0 bridgehead atoms. The molecule has 10 nitrogen and oxygen atoms in total. The Morgan fingerprint density at radius 1 is 1.19 bits per heavy atom. The molecule has 188 valence electrons. The normalized spacial score (nSPS) is 17.0. The first kappa shape index (κ1) is 24.8. The van der Waals surface area contributed by atoms with Gasteiger partial charge < -0.3 is 29.0 Å². The van der Waals surface area contributed by atoms with E-state index in [9.17, 15) is 19.5 Å². The number of esters is 1. The van der Waals surface area contributed by atoms with Crippen LogP contribution in [-0.2, 0) is 20.9 Å². The van der Waals surface area contributed by atoms with E-state index in [0.29, 0.717) is 41.1 Å². The number of carbonyl (C=O) groups excluding carboxylic acids is 3. The van der Waals surface area contributed by atoms with Gasteiger partial charge in [0.15, 0.2) is 0 Å². The van der Waals surface area contributed by atoms with Gasteiger partial charge in [0.1, 0.15) is 17.2 Å². The van der Waals surface area contributed by atoms with Crippen LogP contribution in [-0.4, -0.2) is 63.0 Å². The van der Waals surface area contributed by atoms with Gasteiger partial charge in [0.25, 0.3) is 11.7 Å². The second-order valence-electron chi connectivity index (χ2n) is 8.54. The second-order valence-corrected chi connectivity index (χ2v) is 8.54. The first-order chi connectivity index (χ1) is 17.3. The number of methoxy groups -OCH3 is 2. The topological polar surface area (TPSA) is 127 Å². The number of ether oxygens (including phenoxy) is 2. The van der Waals surface area contributed by atoms with Gasteiger partial charge in [-0.15, -0.1) is 0 Å². The number of ketones is 1. The zero-order chi connectivity index (χ0) is 26.0. The van der Waals surface area contributed by atoms with Crippen LogP contribution in [0.5, 0.6) is 5.75 Å². The number of aliphatic hydroxyl groups excluding tert-OH is 1. The fourth-order valence-electron chi connectivity index (χ4n) is 4.66. The Labute approximate surface area is 208 Å². The van der Waals surface area contributed by atoms with Crippen molar-refractivity contribution in [1.29, 1.82) is 0 Å². The summed E-state index contributed by atoms with van der Waals surface area (Å²) in [6, 6.07) is 6.22. The van der Waals surface area contributed by atoms with Crippen LogP contribution >= 0.6 is 0 Å². The average molecular weight is 493 g/mol. The molecular weight excluding hydrogens is 464 g/mol. The Hall–Kier alpha value is -4.34. The quantitative estimate of drug-likeness (QED) is 0.214. The first-order valence-electron chi connectivity index (χ1n) is 11.4. The van der Waals surface area contributed by atoms with Gasteiger partial charge in [-0.1, -0.05) is 12.1 Å². The molecule has 2 aromatic heterocycles. The van der Waals surface area contributed by atoms with E-state index < -0.39 is 23.7 Å². The summed E-state index contributed by atoms with van der Waals surface area (Å²) in [6.07, 6.45) is 5.75. The van der Waals surface area contributed by atoms with Crippen LogP contribution in [0.4, 0.5) is 0 Å². The Morgan fingerprint density at radius 2 is 1.97 bits per heavy atom. The lowest BCUT2D eigenvalue weighted by Crippen LogP contribution is -2.31. The number of aromatic amines is 1. The summed E-state index contributed by atoms with van der Waals surface area (Å²) in [5.41, 5.74) is 1.94. The van der Waals surface area contributed by atoms with Gasteiger partial charge in [0, 0.05) is 36.7 Å². The van der Waals surface area contributed by atoms with Gasteiger partial charge >= 0.3 is 5.97 Å². The molecule has 36 heavy (non-hydrogen) atoms. The number of hydrogen-bond donors (Lipinski definition) is 2. The molecule has 1 fully saturated rings. The van der Waals surface area contributed by atoms with Crippen molar-refractivity contribution < 1.29 is 29.0 Å². The number of aromatic nitrogens is 3. The minimum Gasteiger partial charge on any atom is -0.507 e. The molecule has 0 radical (unpaired) electrons. The standard InChI is InChI=1S/C26H28N4O6/c1-15-19(16(2)28-21(15)26(34)36-4)23(31)20-22(17-7-5-8-18(13-17)35-3)30(25(33)24(20)32)11-6-10-29-12-9-27-14-29/h5,7-9,12-14,22,28,31H,6,10-11H2,1-4H3/b23-20+/t22-/m0/s1. The number of aliphatic hydroxyl groups is 1. The van der Waals surface area contributed by atoms with Crippen LogP contribution < -0.4 is 4.74 Å². The Balaban J connectivity index is 1.81. The molecule has 1 aliphatic rings. The number of carbonyl (C=O) groups is 3. The van der Waals surface area contributed by atoms with Crippen LogP contribution in [0.25, 0.3) is 5.76 Å². The van der Waals surface area contributed by atoms with Crippen LogP contribution in [0.1, 0.15) is 45.3 Å². The van der Waals surface area contributed by atoms with Gasteiger partial charge in [-0.2, -0.15) is 0 Å². The van der Waals surface area contributed by atoms with Crippen LogP contribution in [0.2, 0.25) is 0 Å². The highest BCUT2D eigenvalue weighted by atomic mass is 16.5. The molecular formula is C26H28N4O6. The monoisotopic (exact) mass is 492 g/mol. The van der Waals surface area contributed by atoms with Crippen molar-refractivity contribution in [3.63, 3.8) is 0 Å². The van der Waals surface area contributed by atoms with Crippen molar-refractivity contribution >= 4 is 23.4 Å². The summed E-state index contributed by atoms with van der Waals surface area (Å²) < 4.78 is 12.1. The predicted molar refractivity (Wildman–Crippen MR) is 130 cm³/mol. The second kappa shape index (κ2) is 10.1. The number of imidazole rings is 1. The van der Waals surface area contributed by atoms with Crippen molar-refractivity contribution in [3.05, 3.63) is 76.6 Å². The number of amides is 1. The van der Waals surface area contributed by atoms with Crippen LogP contribution in [0, 0.1) is 13.8 Å². The number of H-pyrrole nitrogens is 1. The van der Waals surface area contributed by atoms with Crippen molar-refractivity contribution in [2.75, 3.05) is 20.8 Å². The smallest absolute Gasteiger partial charge is 0.354 e. The summed E-state index contributed by atoms with van der Waals surface area (Å²) in [5.74, 6) is -1.88. The molecule has 1 atom stereocenters. The predicted octanol–water partition coefficient (Wildman–Crippen LogP) is 3.14. The molecule has 3 heterocycles. The van der Waals surface area contributed by atoms with Crippen LogP contribution in [0.15, 0.2) is 48.6 Å². The van der Waals surface area contributed by atoms with E-state index >= 15 is 0 Å². The Morgan fingerprint density at radius 3 is 2.64 bits per heavy atom. The highest BCUT2D eigenvalue weighted by Crippen LogP contribution is 2.41. The van der Waals surface area contributed by atoms with E-state index in [4.69, 9.17) is 9.47 Å². The minimum absolute atomic E-state index is 0.0440. The van der Waals surface area contributed by atoms with E-state index in [0.717, 1.165) is 0 Å². The van der Waals surface area contributed by atoms with Crippen molar-refractivity contribution in [2.45, 2.75) is 32.9 Å². The van der Waals surface area contributed by atoms with E-state index in [1.165, 1.54) is 19.1 Å². The van der Waals surface area contributed by atoms with E-state index in [2.05, 4.69) is 9.97 Å². The average Bonchev–Trinajstić information content (AvgIpc) is 3.57. The molecule has 10 heteroatoms. The molecule has 0 aliphatic carbocycles. The Kier molecular flexibility index (Phi) is 6.96. The molecule has 3 aromatic rings. The maximum absolute atomic E-state index is 13.3. The molecule has 0 spiro atoms. The molecule has 1 saturated heterocycles. The molecule has 1 amide bonds. The zero-order valence-corrected chi connectivity index (χ0v) is 20.6. The van der Waals surface area contributed by atoms with Gasteiger partial charge in [0.05, 0.1) is 32.2 Å². The lowest BCUT2D eigenvalue weighted by atomic mass is 9.94. The fourth-order valence-corrected chi connectivity index (χ4v) is 4.66. The molecule has 1 aromatic carbocycles. The summed E-state index contributed by atoms with van der Waals surface area (Å²) in [6.45, 7) is 4.20. The number of Topliss-reactive ketones (excluding diaryl/α,β-unsaturated/α-hetero) is 1. The number of aryl methyl sites for hydroxylation is 2. The summed E-state index contributed by atoms with van der Waals surface area (Å²) in [5, 5.41) is 11.5. The van der Waals surface area contributed by atoms with Gasteiger partial charge in [-0.25, -0.2) is 9.78 Å². The van der Waals surface area contributed by atoms with Crippen molar-refractivity contribution in [1.82, 2.24) is 19.4 Å². The molecule has 2 N–H and O–H groups in total. The highest BCUT2D eigenvalue weighted by molar-refractivity contribution is 6.46. The SMILES string of the molecule is COC(=O)c1[nH]c(C)c(/C(O)=C2\C(=O)C(=O)N(CCCn3ccnc3)[C@H]2c2cccc(OC)c2)c1C. The fraction of sp³-hybridized carbons (Fsp3) is 0.308. The molecule has 0 unspecified atom stereocenters. The minimum atomic E-state index is -0.835. The van der Waals surface area contributed by atoms with Crippen molar-refractivity contribution in [2.24, 2.45) is 0 Å². The third-order valence-corrected chi connectivity index (χ3v) is 6.39. The third kappa shape index (κ3) is 4.37. The Bertz CT molecular complexity index is 1340. The number of likely N-dealkylation sites (tertiary alicyclic amines) is 1. The zero-order valence-electron chi connectivity index (χ0n) is 20.6. The highest BCUT2D eigenvalue weighted by Gasteiger charge is 2.46. The largest absolute Gasteiger partial charge is 0.507 e. The molecule has 0 saturated carbocycles. The third-order valence-electron chi connectivity index (χ3n) is 6.39. The van der Waals surface area contributed by atoms with Crippen molar-refractivity contribution in [3.8, 4) is 5.75 Å². The van der Waals surface area contributed by atoms with Gasteiger partial charge in [-0.3, -0.25) is 9.59 Å². The van der Waals surface area contributed by atoms with Gasteiger partial charge in [0.2, 0.25) is 0 Å². The van der Waals surface area contributed by atoms with E-state index in [-0.39, 0.29) is 23.6 Å².